The molecule has 3 aromatic rings. The monoisotopic (exact) mass is 420 g/mol. The lowest BCUT2D eigenvalue weighted by atomic mass is 10.2. The highest BCUT2D eigenvalue weighted by atomic mass is 16.5. The van der Waals surface area contributed by atoms with Crippen LogP contribution in [0, 0.1) is 0 Å². The molecule has 3 rings (SSSR count). The van der Waals surface area contributed by atoms with Gasteiger partial charge in [0.2, 0.25) is 5.91 Å². The molecule has 0 bridgehead atoms. The molecule has 0 unspecified atom stereocenters. The maximum absolute atomic E-state index is 12.2. The summed E-state index contributed by atoms with van der Waals surface area (Å²) in [4.78, 5) is 16.8. The number of carbonyl (C=O) groups excluding carboxylic acids is 1. The van der Waals surface area contributed by atoms with Crippen LogP contribution in [-0.2, 0) is 24.4 Å². The second-order valence-electron chi connectivity index (χ2n) is 6.81. The number of ether oxygens (including phenoxy) is 1. The van der Waals surface area contributed by atoms with E-state index in [1.807, 2.05) is 55.5 Å². The van der Waals surface area contributed by atoms with Gasteiger partial charge in [0, 0.05) is 36.7 Å². The Morgan fingerprint density at radius 2 is 2.00 bits per heavy atom. The second kappa shape index (κ2) is 11.4. The summed E-state index contributed by atoms with van der Waals surface area (Å²) in [5.41, 5.74) is 2.78. The molecular formula is C23H28N6O2. The van der Waals surface area contributed by atoms with Gasteiger partial charge in [0.05, 0.1) is 13.7 Å². The Kier molecular flexibility index (Phi) is 8.05. The fraction of sp³-hybridized carbons (Fsp3) is 0.261. The number of hydrogen-bond donors (Lipinski definition) is 3. The van der Waals surface area contributed by atoms with Gasteiger partial charge in [-0.2, -0.15) is 5.10 Å². The average molecular weight is 421 g/mol. The van der Waals surface area contributed by atoms with E-state index in [0.717, 1.165) is 29.1 Å². The first kappa shape index (κ1) is 21.9. The molecule has 0 saturated carbocycles. The number of anilines is 1. The quantitative estimate of drug-likeness (QED) is 0.366. The highest BCUT2D eigenvalue weighted by Crippen LogP contribution is 2.16. The molecule has 0 saturated heterocycles. The average Bonchev–Trinajstić information content (AvgIpc) is 3.29. The number of nitrogens with one attached hydrogen (secondary N) is 3. The standard InChI is InChI=1S/C23H28N6O2/c1-3-24-23(26-16-19-9-4-5-11-21(19)31-2)25-15-18-8-6-10-20(14-18)28-22(30)17-29-13-7-12-27-29/h4-14H,3,15-17H2,1-2H3,(H,28,30)(H2,24,25,26). The Balaban J connectivity index is 1.59. The summed E-state index contributed by atoms with van der Waals surface area (Å²) >= 11 is 0. The fourth-order valence-electron chi connectivity index (χ4n) is 3.03. The van der Waals surface area contributed by atoms with Crippen molar-refractivity contribution in [1.29, 1.82) is 0 Å². The van der Waals surface area contributed by atoms with E-state index in [4.69, 9.17) is 4.74 Å². The molecule has 8 nitrogen and oxygen atoms in total. The van der Waals surface area contributed by atoms with Crippen molar-refractivity contribution in [3.63, 3.8) is 0 Å². The van der Waals surface area contributed by atoms with Gasteiger partial charge in [-0.3, -0.25) is 9.48 Å². The summed E-state index contributed by atoms with van der Waals surface area (Å²) in [6.45, 7) is 4.02. The molecule has 8 heteroatoms. The zero-order chi connectivity index (χ0) is 21.9. The van der Waals surface area contributed by atoms with Gasteiger partial charge >= 0.3 is 0 Å². The summed E-state index contributed by atoms with van der Waals surface area (Å²) < 4.78 is 6.99. The van der Waals surface area contributed by atoms with Gasteiger partial charge in [-0.15, -0.1) is 0 Å². The minimum absolute atomic E-state index is 0.129. The third-order valence-electron chi connectivity index (χ3n) is 4.48. The number of aliphatic imine (C=N–C) groups is 1. The summed E-state index contributed by atoms with van der Waals surface area (Å²) in [6.07, 6.45) is 3.40. The molecular weight excluding hydrogens is 392 g/mol. The third kappa shape index (κ3) is 6.88. The summed E-state index contributed by atoms with van der Waals surface area (Å²) in [7, 11) is 1.67. The zero-order valence-corrected chi connectivity index (χ0v) is 17.8. The summed E-state index contributed by atoms with van der Waals surface area (Å²) in [5.74, 6) is 1.42. The molecule has 162 valence electrons. The smallest absolute Gasteiger partial charge is 0.246 e. The largest absolute Gasteiger partial charge is 0.496 e. The topological polar surface area (TPSA) is 92.6 Å². The van der Waals surface area contributed by atoms with E-state index in [1.54, 1.807) is 30.3 Å². The van der Waals surface area contributed by atoms with Gasteiger partial charge in [-0.1, -0.05) is 30.3 Å². The first-order valence-electron chi connectivity index (χ1n) is 10.2. The van der Waals surface area contributed by atoms with Gasteiger partial charge in [0.15, 0.2) is 5.96 Å². The Bertz CT molecular complexity index is 1000. The Hall–Kier alpha value is -3.81. The van der Waals surface area contributed by atoms with E-state index in [0.29, 0.717) is 19.0 Å². The van der Waals surface area contributed by atoms with E-state index in [2.05, 4.69) is 26.0 Å². The van der Waals surface area contributed by atoms with Crippen LogP contribution in [0.1, 0.15) is 18.1 Å². The van der Waals surface area contributed by atoms with Crippen molar-refractivity contribution in [1.82, 2.24) is 20.4 Å². The maximum Gasteiger partial charge on any atom is 0.246 e. The summed E-state index contributed by atoms with van der Waals surface area (Å²) in [6, 6.07) is 17.3. The van der Waals surface area contributed by atoms with Crippen LogP contribution in [-0.4, -0.2) is 35.3 Å². The number of nitrogens with zero attached hydrogens (tertiary/aromatic N) is 3. The fourth-order valence-corrected chi connectivity index (χ4v) is 3.03. The number of guanidine groups is 1. The van der Waals surface area contributed by atoms with Crippen LogP contribution in [0.3, 0.4) is 0 Å². The van der Waals surface area contributed by atoms with Gasteiger partial charge < -0.3 is 20.7 Å². The lowest BCUT2D eigenvalue weighted by molar-refractivity contribution is -0.116. The van der Waals surface area contributed by atoms with Crippen LogP contribution in [0.15, 0.2) is 72.0 Å². The van der Waals surface area contributed by atoms with Crippen molar-refractivity contribution in [3.05, 3.63) is 78.1 Å². The van der Waals surface area contributed by atoms with Crippen LogP contribution >= 0.6 is 0 Å². The lowest BCUT2D eigenvalue weighted by Crippen LogP contribution is -2.36. The number of amides is 1. The van der Waals surface area contributed by atoms with Crippen molar-refractivity contribution < 1.29 is 9.53 Å². The van der Waals surface area contributed by atoms with Gasteiger partial charge in [0.1, 0.15) is 12.3 Å². The van der Waals surface area contributed by atoms with Crippen molar-refractivity contribution in [2.24, 2.45) is 4.99 Å². The molecule has 0 spiro atoms. The number of carbonyl (C=O) groups is 1. The normalized spacial score (nSPS) is 11.1. The van der Waals surface area contributed by atoms with Gasteiger partial charge in [-0.05, 0) is 36.8 Å². The van der Waals surface area contributed by atoms with Crippen molar-refractivity contribution in [2.45, 2.75) is 26.6 Å². The van der Waals surface area contributed by atoms with E-state index in [1.165, 1.54) is 0 Å². The number of rotatable bonds is 9. The molecule has 3 N–H and O–H groups in total. The lowest BCUT2D eigenvalue weighted by Gasteiger charge is -2.13. The number of benzene rings is 2. The van der Waals surface area contributed by atoms with E-state index in [-0.39, 0.29) is 12.5 Å². The highest BCUT2D eigenvalue weighted by molar-refractivity contribution is 5.90. The number of methoxy groups -OCH3 is 1. The van der Waals surface area contributed by atoms with Gasteiger partial charge in [-0.25, -0.2) is 4.99 Å². The Labute approximate surface area is 182 Å². The van der Waals surface area contributed by atoms with Crippen LogP contribution < -0.4 is 20.7 Å². The first-order chi connectivity index (χ1) is 15.2. The van der Waals surface area contributed by atoms with Gasteiger partial charge in [0.25, 0.3) is 0 Å². The van der Waals surface area contributed by atoms with Crippen molar-refractivity contribution in [2.75, 3.05) is 19.0 Å². The van der Waals surface area contributed by atoms with Crippen molar-refractivity contribution >= 4 is 17.6 Å². The molecule has 0 aliphatic carbocycles. The molecule has 0 radical (unpaired) electrons. The minimum Gasteiger partial charge on any atom is -0.496 e. The molecule has 0 aliphatic rings. The minimum atomic E-state index is -0.129. The van der Waals surface area contributed by atoms with E-state index < -0.39 is 0 Å². The summed E-state index contributed by atoms with van der Waals surface area (Å²) in [5, 5.41) is 13.5. The molecule has 0 aliphatic heterocycles. The molecule has 1 heterocycles. The molecule has 1 amide bonds. The molecule has 0 fully saturated rings. The van der Waals surface area contributed by atoms with Crippen LogP contribution in [0.4, 0.5) is 5.69 Å². The SMILES string of the molecule is CCNC(=NCc1cccc(NC(=O)Cn2cccn2)c1)NCc1ccccc1OC. The molecule has 2 aromatic carbocycles. The molecule has 0 atom stereocenters. The number of hydrogen-bond acceptors (Lipinski definition) is 4. The van der Waals surface area contributed by atoms with Crippen molar-refractivity contribution in [3.8, 4) is 5.75 Å². The second-order valence-corrected chi connectivity index (χ2v) is 6.81. The van der Waals surface area contributed by atoms with E-state index in [9.17, 15) is 4.79 Å². The van der Waals surface area contributed by atoms with Crippen LogP contribution in [0.2, 0.25) is 0 Å². The highest BCUT2D eigenvalue weighted by Gasteiger charge is 2.06. The maximum atomic E-state index is 12.2. The first-order valence-corrected chi connectivity index (χ1v) is 10.2. The number of aromatic nitrogens is 2. The number of para-hydroxylation sites is 1. The van der Waals surface area contributed by atoms with E-state index >= 15 is 0 Å². The van der Waals surface area contributed by atoms with Crippen LogP contribution in [0.5, 0.6) is 5.75 Å². The van der Waals surface area contributed by atoms with Crippen LogP contribution in [0.25, 0.3) is 0 Å². The Morgan fingerprint density at radius 3 is 2.77 bits per heavy atom. The predicted molar refractivity (Wildman–Crippen MR) is 122 cm³/mol. The zero-order valence-electron chi connectivity index (χ0n) is 17.8. The molecule has 1 aromatic heterocycles. The Morgan fingerprint density at radius 1 is 1.13 bits per heavy atom. The predicted octanol–water partition coefficient (Wildman–Crippen LogP) is 2.79. The molecule has 31 heavy (non-hydrogen) atoms. The third-order valence-corrected chi connectivity index (χ3v) is 4.48.